The van der Waals surface area contributed by atoms with Gasteiger partial charge in [0.25, 0.3) is 0 Å². The molecule has 0 unspecified atom stereocenters. The van der Waals surface area contributed by atoms with Gasteiger partial charge in [0.1, 0.15) is 22.8 Å². The molecule has 0 aliphatic heterocycles. The Labute approximate surface area is 127 Å². The quantitative estimate of drug-likeness (QED) is 0.854. The van der Waals surface area contributed by atoms with Crippen LogP contribution in [0.2, 0.25) is 5.02 Å². The SMILES string of the molecule is COC(=O)c1cc(CNc2cc(Cl)ccc2OC)oc1C. The topological polar surface area (TPSA) is 60.7 Å². The van der Waals surface area contributed by atoms with Crippen LogP contribution in [-0.2, 0) is 11.3 Å². The van der Waals surface area contributed by atoms with Gasteiger partial charge in [0.2, 0.25) is 0 Å². The third-order valence-electron chi connectivity index (χ3n) is 2.99. The molecule has 0 saturated carbocycles. The maximum atomic E-state index is 11.5. The van der Waals surface area contributed by atoms with Crippen molar-refractivity contribution in [2.24, 2.45) is 0 Å². The summed E-state index contributed by atoms with van der Waals surface area (Å²) in [6.07, 6.45) is 0. The van der Waals surface area contributed by atoms with E-state index in [1.54, 1.807) is 38.3 Å². The van der Waals surface area contributed by atoms with Crippen LogP contribution in [0, 0.1) is 6.92 Å². The number of esters is 1. The number of benzene rings is 1. The van der Waals surface area contributed by atoms with Crippen molar-refractivity contribution in [3.63, 3.8) is 0 Å². The Morgan fingerprint density at radius 1 is 1.33 bits per heavy atom. The lowest BCUT2D eigenvalue weighted by Crippen LogP contribution is -2.02. The zero-order valence-electron chi connectivity index (χ0n) is 12.0. The summed E-state index contributed by atoms with van der Waals surface area (Å²) >= 11 is 5.97. The molecular weight excluding hydrogens is 294 g/mol. The van der Waals surface area contributed by atoms with Crippen molar-refractivity contribution in [2.75, 3.05) is 19.5 Å². The number of anilines is 1. The normalized spacial score (nSPS) is 10.3. The summed E-state index contributed by atoms with van der Waals surface area (Å²) in [6, 6.07) is 6.94. The molecule has 0 atom stereocenters. The van der Waals surface area contributed by atoms with Gasteiger partial charge >= 0.3 is 5.97 Å². The number of nitrogens with one attached hydrogen (secondary N) is 1. The van der Waals surface area contributed by atoms with Gasteiger partial charge < -0.3 is 19.2 Å². The average molecular weight is 310 g/mol. The largest absolute Gasteiger partial charge is 0.495 e. The molecule has 2 aromatic rings. The van der Waals surface area contributed by atoms with E-state index in [9.17, 15) is 4.79 Å². The summed E-state index contributed by atoms with van der Waals surface area (Å²) < 4.78 is 15.5. The first-order chi connectivity index (χ1) is 10.0. The lowest BCUT2D eigenvalue weighted by atomic mass is 10.2. The van der Waals surface area contributed by atoms with Gasteiger partial charge in [-0.2, -0.15) is 0 Å². The molecule has 112 valence electrons. The van der Waals surface area contributed by atoms with E-state index in [2.05, 4.69) is 10.1 Å². The molecule has 0 aliphatic rings. The number of halogens is 1. The zero-order valence-corrected chi connectivity index (χ0v) is 12.8. The second-order valence-corrected chi connectivity index (χ2v) is 4.81. The lowest BCUT2D eigenvalue weighted by molar-refractivity contribution is 0.0599. The van der Waals surface area contributed by atoms with Crippen LogP contribution in [-0.4, -0.2) is 20.2 Å². The Balaban J connectivity index is 2.13. The third-order valence-corrected chi connectivity index (χ3v) is 3.22. The highest BCUT2D eigenvalue weighted by Crippen LogP contribution is 2.28. The number of hydrogen-bond donors (Lipinski definition) is 1. The number of aryl methyl sites for hydroxylation is 1. The molecule has 0 radical (unpaired) electrons. The van der Waals surface area contributed by atoms with Crippen molar-refractivity contribution >= 4 is 23.3 Å². The van der Waals surface area contributed by atoms with Gasteiger partial charge in [-0.3, -0.25) is 0 Å². The molecule has 0 spiro atoms. The minimum absolute atomic E-state index is 0.397. The first kappa shape index (κ1) is 15.3. The number of hydrogen-bond acceptors (Lipinski definition) is 5. The fourth-order valence-corrected chi connectivity index (χ4v) is 2.12. The van der Waals surface area contributed by atoms with Gasteiger partial charge in [-0.1, -0.05) is 11.6 Å². The number of methoxy groups -OCH3 is 2. The molecule has 6 heteroatoms. The van der Waals surface area contributed by atoms with Crippen LogP contribution in [0.4, 0.5) is 5.69 Å². The highest BCUT2D eigenvalue weighted by molar-refractivity contribution is 6.30. The maximum Gasteiger partial charge on any atom is 0.341 e. The predicted molar refractivity (Wildman–Crippen MR) is 80.1 cm³/mol. The van der Waals surface area contributed by atoms with Crippen LogP contribution >= 0.6 is 11.6 Å². The second-order valence-electron chi connectivity index (χ2n) is 4.37. The van der Waals surface area contributed by atoms with Crippen molar-refractivity contribution in [3.05, 3.63) is 46.4 Å². The number of carbonyl (C=O) groups is 1. The Kier molecular flexibility index (Phi) is 4.75. The minimum Gasteiger partial charge on any atom is -0.495 e. The van der Waals surface area contributed by atoms with E-state index in [0.29, 0.717) is 34.4 Å². The molecule has 1 aromatic heterocycles. The number of rotatable bonds is 5. The van der Waals surface area contributed by atoms with Crippen LogP contribution in [0.1, 0.15) is 21.9 Å². The maximum absolute atomic E-state index is 11.5. The summed E-state index contributed by atoms with van der Waals surface area (Å²) in [5.41, 5.74) is 1.17. The summed E-state index contributed by atoms with van der Waals surface area (Å²) in [7, 11) is 2.92. The molecule has 1 N–H and O–H groups in total. The van der Waals surface area contributed by atoms with E-state index in [0.717, 1.165) is 5.69 Å². The van der Waals surface area contributed by atoms with Crippen molar-refractivity contribution in [1.29, 1.82) is 0 Å². The van der Waals surface area contributed by atoms with Crippen molar-refractivity contribution in [3.8, 4) is 5.75 Å². The molecule has 0 bridgehead atoms. The van der Waals surface area contributed by atoms with Crippen LogP contribution in [0.3, 0.4) is 0 Å². The lowest BCUT2D eigenvalue weighted by Gasteiger charge is -2.10. The second kappa shape index (κ2) is 6.54. The van der Waals surface area contributed by atoms with E-state index in [4.69, 9.17) is 20.8 Å². The average Bonchev–Trinajstić information content (AvgIpc) is 2.85. The predicted octanol–water partition coefficient (Wildman–Crippen LogP) is 3.65. The Morgan fingerprint density at radius 3 is 2.76 bits per heavy atom. The minimum atomic E-state index is -0.414. The first-order valence-corrected chi connectivity index (χ1v) is 6.68. The van der Waals surface area contributed by atoms with Gasteiger partial charge in [-0.05, 0) is 31.2 Å². The van der Waals surface area contributed by atoms with Crippen LogP contribution in [0.5, 0.6) is 5.75 Å². The van der Waals surface area contributed by atoms with E-state index < -0.39 is 5.97 Å². The Morgan fingerprint density at radius 2 is 2.10 bits per heavy atom. The highest BCUT2D eigenvalue weighted by atomic mass is 35.5. The van der Waals surface area contributed by atoms with Gasteiger partial charge in [0.15, 0.2) is 0 Å². The molecule has 21 heavy (non-hydrogen) atoms. The molecule has 1 heterocycles. The molecule has 5 nitrogen and oxygen atoms in total. The van der Waals surface area contributed by atoms with E-state index in [1.165, 1.54) is 7.11 Å². The van der Waals surface area contributed by atoms with E-state index in [1.807, 2.05) is 0 Å². The molecule has 2 rings (SSSR count). The zero-order chi connectivity index (χ0) is 15.4. The molecule has 0 aliphatic carbocycles. The van der Waals surface area contributed by atoms with E-state index in [-0.39, 0.29) is 0 Å². The van der Waals surface area contributed by atoms with Crippen molar-refractivity contribution in [2.45, 2.75) is 13.5 Å². The molecule has 1 aromatic carbocycles. The van der Waals surface area contributed by atoms with Gasteiger partial charge in [0.05, 0.1) is 26.5 Å². The van der Waals surface area contributed by atoms with Crippen LogP contribution in [0.15, 0.2) is 28.7 Å². The Hall–Kier alpha value is -2.14. The molecule has 0 amide bonds. The fraction of sp³-hybridized carbons (Fsp3) is 0.267. The third kappa shape index (κ3) is 3.49. The van der Waals surface area contributed by atoms with E-state index >= 15 is 0 Å². The highest BCUT2D eigenvalue weighted by Gasteiger charge is 2.15. The molecule has 0 saturated heterocycles. The van der Waals surface area contributed by atoms with Gasteiger partial charge in [-0.15, -0.1) is 0 Å². The smallest absolute Gasteiger partial charge is 0.341 e. The Bertz CT molecular complexity index is 651. The first-order valence-electron chi connectivity index (χ1n) is 6.30. The molecule has 0 fully saturated rings. The van der Waals surface area contributed by atoms with Gasteiger partial charge in [-0.25, -0.2) is 4.79 Å². The van der Waals surface area contributed by atoms with Gasteiger partial charge in [0, 0.05) is 5.02 Å². The molecular formula is C15H16ClNO4. The monoisotopic (exact) mass is 309 g/mol. The van der Waals surface area contributed by atoms with Crippen LogP contribution in [0.25, 0.3) is 0 Å². The van der Waals surface area contributed by atoms with Crippen molar-refractivity contribution < 1.29 is 18.7 Å². The summed E-state index contributed by atoms with van der Waals surface area (Å²) in [5, 5.41) is 3.76. The fourth-order valence-electron chi connectivity index (χ4n) is 1.94. The summed E-state index contributed by atoms with van der Waals surface area (Å²) in [4.78, 5) is 11.5. The number of carbonyl (C=O) groups excluding carboxylic acids is 1. The summed E-state index contributed by atoms with van der Waals surface area (Å²) in [6.45, 7) is 2.12. The number of ether oxygens (including phenoxy) is 2. The summed E-state index contributed by atoms with van der Waals surface area (Å²) in [5.74, 6) is 1.41. The number of furan rings is 1. The van der Waals surface area contributed by atoms with Crippen LogP contribution < -0.4 is 10.1 Å². The standard InChI is InChI=1S/C15H16ClNO4/c1-9-12(15(18)20-3)7-11(21-9)8-17-13-6-10(16)4-5-14(13)19-2/h4-7,17H,8H2,1-3H3. The van der Waals surface area contributed by atoms with Crippen molar-refractivity contribution in [1.82, 2.24) is 0 Å².